The molecule has 6 heteroatoms. The van der Waals surface area contributed by atoms with E-state index in [1.54, 1.807) is 7.05 Å². The average Bonchev–Trinajstić information content (AvgIpc) is 2.42. The summed E-state index contributed by atoms with van der Waals surface area (Å²) in [6.07, 6.45) is 5.10. The number of carboxylic acid groups (broad SMARTS) is 1. The Hall–Kier alpha value is -1.30. The molecule has 1 saturated carbocycles. The normalized spacial score (nSPS) is 22.3. The minimum Gasteiger partial charge on any atom is -0.481 e. The number of carbonyl (C=O) groups excluding carboxylic acids is 1. The highest BCUT2D eigenvalue weighted by Crippen LogP contribution is 2.25. The largest absolute Gasteiger partial charge is 0.481 e. The third-order valence-corrected chi connectivity index (χ3v) is 3.75. The number of nitrogens with zero attached hydrogens (tertiary/aromatic N) is 1. The summed E-state index contributed by atoms with van der Waals surface area (Å²) in [5.41, 5.74) is 0. The second-order valence-corrected chi connectivity index (χ2v) is 5.47. The van der Waals surface area contributed by atoms with Gasteiger partial charge in [0.15, 0.2) is 0 Å². The number of hydrogen-bond acceptors (Lipinski definition) is 3. The predicted octanol–water partition coefficient (Wildman–Crippen LogP) is 1.70. The van der Waals surface area contributed by atoms with Gasteiger partial charge in [0.2, 0.25) is 0 Å². The fourth-order valence-electron chi connectivity index (χ4n) is 2.40. The quantitative estimate of drug-likeness (QED) is 0.698. The molecule has 1 aliphatic rings. The molecule has 0 saturated heterocycles. The van der Waals surface area contributed by atoms with Crippen LogP contribution in [0.2, 0.25) is 0 Å². The molecule has 2 amide bonds. The van der Waals surface area contributed by atoms with Crippen LogP contribution in [0.4, 0.5) is 4.79 Å². The summed E-state index contributed by atoms with van der Waals surface area (Å²) in [4.78, 5) is 23.4. The maximum absolute atomic E-state index is 11.6. The molecular weight excluding hydrogens is 260 g/mol. The van der Waals surface area contributed by atoms with E-state index in [0.29, 0.717) is 25.2 Å². The molecule has 0 aromatic heterocycles. The number of ether oxygens (including phenoxy) is 1. The van der Waals surface area contributed by atoms with E-state index in [1.807, 2.05) is 0 Å². The molecule has 2 atom stereocenters. The van der Waals surface area contributed by atoms with Gasteiger partial charge < -0.3 is 20.1 Å². The zero-order valence-corrected chi connectivity index (χ0v) is 12.4. The van der Waals surface area contributed by atoms with Crippen LogP contribution in [0.5, 0.6) is 0 Å². The van der Waals surface area contributed by atoms with Gasteiger partial charge in [0.25, 0.3) is 0 Å². The summed E-state index contributed by atoms with van der Waals surface area (Å²) in [6.45, 7) is 3.39. The van der Waals surface area contributed by atoms with E-state index in [4.69, 9.17) is 9.84 Å². The first kappa shape index (κ1) is 16.8. The van der Waals surface area contributed by atoms with Crippen molar-refractivity contribution in [1.29, 1.82) is 0 Å². The van der Waals surface area contributed by atoms with Crippen LogP contribution in [-0.2, 0) is 9.53 Å². The van der Waals surface area contributed by atoms with Crippen LogP contribution in [0.15, 0.2) is 0 Å². The lowest BCUT2D eigenvalue weighted by molar-refractivity contribution is -0.137. The minimum atomic E-state index is -0.903. The molecule has 0 aromatic rings. The minimum absolute atomic E-state index is 0.0417. The standard InChI is InChI=1S/C14H26N2O4/c1-11-5-3-4-6-12(11)20-10-8-15-14(19)16(2)9-7-13(17)18/h11-12H,3-10H2,1-2H3,(H,15,19)(H,17,18). The summed E-state index contributed by atoms with van der Waals surface area (Å²) in [7, 11) is 1.59. The zero-order valence-electron chi connectivity index (χ0n) is 12.4. The Morgan fingerprint density at radius 3 is 2.70 bits per heavy atom. The third kappa shape index (κ3) is 6.23. The van der Waals surface area contributed by atoms with Crippen LogP contribution in [0.1, 0.15) is 39.0 Å². The van der Waals surface area contributed by atoms with E-state index < -0.39 is 5.97 Å². The first-order valence-electron chi connectivity index (χ1n) is 7.33. The summed E-state index contributed by atoms with van der Waals surface area (Å²) in [5.74, 6) is -0.308. The first-order valence-corrected chi connectivity index (χ1v) is 7.33. The topological polar surface area (TPSA) is 78.9 Å². The molecule has 20 heavy (non-hydrogen) atoms. The van der Waals surface area contributed by atoms with Crippen LogP contribution in [0.3, 0.4) is 0 Å². The lowest BCUT2D eigenvalue weighted by Crippen LogP contribution is -2.40. The molecule has 1 aliphatic carbocycles. The Morgan fingerprint density at radius 2 is 2.05 bits per heavy atom. The fourth-order valence-corrected chi connectivity index (χ4v) is 2.40. The van der Waals surface area contributed by atoms with Crippen LogP contribution in [-0.4, -0.2) is 54.9 Å². The molecule has 1 fully saturated rings. The molecule has 0 spiro atoms. The Bertz CT molecular complexity index is 322. The molecule has 116 valence electrons. The van der Waals surface area contributed by atoms with E-state index >= 15 is 0 Å². The van der Waals surface area contributed by atoms with Gasteiger partial charge in [-0.3, -0.25) is 4.79 Å². The summed E-state index contributed by atoms with van der Waals surface area (Å²) < 4.78 is 5.80. The molecule has 0 bridgehead atoms. The summed E-state index contributed by atoms with van der Waals surface area (Å²) >= 11 is 0. The molecule has 0 aliphatic heterocycles. The van der Waals surface area contributed by atoms with E-state index in [9.17, 15) is 9.59 Å². The van der Waals surface area contributed by atoms with Crippen molar-refractivity contribution < 1.29 is 19.4 Å². The fraction of sp³-hybridized carbons (Fsp3) is 0.857. The highest BCUT2D eigenvalue weighted by atomic mass is 16.5. The molecular formula is C14H26N2O4. The summed E-state index contributed by atoms with van der Waals surface area (Å²) in [5, 5.41) is 11.3. The number of carbonyl (C=O) groups is 2. The van der Waals surface area contributed by atoms with E-state index in [2.05, 4.69) is 12.2 Å². The van der Waals surface area contributed by atoms with Crippen LogP contribution in [0, 0.1) is 5.92 Å². The van der Waals surface area contributed by atoms with Crippen molar-refractivity contribution in [3.8, 4) is 0 Å². The van der Waals surface area contributed by atoms with Crippen molar-refractivity contribution in [2.45, 2.75) is 45.1 Å². The smallest absolute Gasteiger partial charge is 0.317 e. The maximum Gasteiger partial charge on any atom is 0.317 e. The van der Waals surface area contributed by atoms with Gasteiger partial charge in [-0.1, -0.05) is 19.8 Å². The molecule has 6 nitrogen and oxygen atoms in total. The SMILES string of the molecule is CC1CCCCC1OCCNC(=O)N(C)CCC(=O)O. The third-order valence-electron chi connectivity index (χ3n) is 3.75. The summed E-state index contributed by atoms with van der Waals surface area (Å²) in [6, 6.07) is -0.258. The second kappa shape index (κ2) is 8.79. The zero-order chi connectivity index (χ0) is 15.0. The Kier molecular flexibility index (Phi) is 7.36. The molecule has 0 radical (unpaired) electrons. The van der Waals surface area contributed by atoms with Gasteiger partial charge >= 0.3 is 12.0 Å². The van der Waals surface area contributed by atoms with Crippen molar-refractivity contribution >= 4 is 12.0 Å². The lowest BCUT2D eigenvalue weighted by atomic mass is 9.88. The molecule has 0 heterocycles. The van der Waals surface area contributed by atoms with Gasteiger partial charge in [-0.25, -0.2) is 4.79 Å². The Labute approximate surface area is 120 Å². The monoisotopic (exact) mass is 286 g/mol. The van der Waals surface area contributed by atoms with Crippen LogP contribution < -0.4 is 5.32 Å². The van der Waals surface area contributed by atoms with Crippen molar-refractivity contribution in [2.24, 2.45) is 5.92 Å². The Morgan fingerprint density at radius 1 is 1.35 bits per heavy atom. The van der Waals surface area contributed by atoms with Crippen molar-refractivity contribution in [3.05, 3.63) is 0 Å². The van der Waals surface area contributed by atoms with Crippen molar-refractivity contribution in [3.63, 3.8) is 0 Å². The van der Waals surface area contributed by atoms with E-state index in [-0.39, 0.29) is 19.0 Å². The molecule has 2 N–H and O–H groups in total. The number of amides is 2. The van der Waals surface area contributed by atoms with Gasteiger partial charge in [0.05, 0.1) is 19.1 Å². The first-order chi connectivity index (χ1) is 9.50. The van der Waals surface area contributed by atoms with Gasteiger partial charge in [-0.05, 0) is 18.8 Å². The highest BCUT2D eigenvalue weighted by Gasteiger charge is 2.21. The number of nitrogens with one attached hydrogen (secondary N) is 1. The van der Waals surface area contributed by atoms with Crippen molar-refractivity contribution in [1.82, 2.24) is 10.2 Å². The number of carboxylic acids is 1. The molecule has 0 aromatic carbocycles. The van der Waals surface area contributed by atoms with Gasteiger partial charge in [0, 0.05) is 20.1 Å². The predicted molar refractivity (Wildman–Crippen MR) is 75.7 cm³/mol. The van der Waals surface area contributed by atoms with Crippen molar-refractivity contribution in [2.75, 3.05) is 26.7 Å². The molecule has 1 rings (SSSR count). The molecule has 2 unspecified atom stereocenters. The highest BCUT2D eigenvalue weighted by molar-refractivity contribution is 5.74. The van der Waals surface area contributed by atoms with Crippen LogP contribution >= 0.6 is 0 Å². The number of rotatable bonds is 7. The second-order valence-electron chi connectivity index (χ2n) is 5.47. The number of aliphatic carboxylic acids is 1. The Balaban J connectivity index is 2.10. The number of hydrogen-bond donors (Lipinski definition) is 2. The van der Waals surface area contributed by atoms with Gasteiger partial charge in [0.1, 0.15) is 0 Å². The number of urea groups is 1. The van der Waals surface area contributed by atoms with E-state index in [1.165, 1.54) is 24.2 Å². The van der Waals surface area contributed by atoms with E-state index in [0.717, 1.165) is 6.42 Å². The van der Waals surface area contributed by atoms with Gasteiger partial charge in [-0.15, -0.1) is 0 Å². The lowest BCUT2D eigenvalue weighted by Gasteiger charge is -2.28. The van der Waals surface area contributed by atoms with Crippen LogP contribution in [0.25, 0.3) is 0 Å². The maximum atomic E-state index is 11.6. The average molecular weight is 286 g/mol. The van der Waals surface area contributed by atoms with Gasteiger partial charge in [-0.2, -0.15) is 0 Å².